The number of carbonyl (C=O) groups excluding carboxylic acids is 3. The van der Waals surface area contributed by atoms with Gasteiger partial charge in [0.15, 0.2) is 0 Å². The van der Waals surface area contributed by atoms with E-state index in [0.29, 0.717) is 49.3 Å². The van der Waals surface area contributed by atoms with E-state index in [1.165, 1.54) is 19.4 Å². The van der Waals surface area contributed by atoms with Gasteiger partial charge in [-0.1, -0.05) is 0 Å². The van der Waals surface area contributed by atoms with Crippen LogP contribution in [0.15, 0.2) is 0 Å². The van der Waals surface area contributed by atoms with Gasteiger partial charge < -0.3 is 20.4 Å². The Kier molecular flexibility index (Phi) is 34.7. The maximum atomic E-state index is 12.0. The van der Waals surface area contributed by atoms with Crippen LogP contribution in [-0.2, 0) is 72.3 Å². The summed E-state index contributed by atoms with van der Waals surface area (Å²) in [5.41, 5.74) is 5.46. The predicted octanol–water partition coefficient (Wildman–Crippen LogP) is -1.01. The molecule has 0 saturated heterocycles. The molecular weight excluding hydrogens is 1130 g/mol. The van der Waals surface area contributed by atoms with Crippen molar-refractivity contribution in [3.8, 4) is 0 Å². The Bertz CT molecular complexity index is 1390. The number of rotatable bonds is 35. The fraction of sp³-hybridized carbons (Fsp3) is 0.676. The van der Waals surface area contributed by atoms with Gasteiger partial charge in [0.05, 0.1) is 0 Å². The van der Waals surface area contributed by atoms with Crippen molar-refractivity contribution in [3.05, 3.63) is 0 Å². The Hall–Kier alpha value is -4.01. The molecule has 4 atom stereocenters. The van der Waals surface area contributed by atoms with Crippen LogP contribution in [0.25, 0.3) is 0 Å². The molecule has 0 unspecified atom stereocenters. The normalized spacial score (nSPS) is 12.5. The zero-order valence-corrected chi connectivity index (χ0v) is 38.4. The third-order valence-corrected chi connectivity index (χ3v) is 9.47. The van der Waals surface area contributed by atoms with E-state index in [-0.39, 0.29) is 25.7 Å². The van der Waals surface area contributed by atoms with Gasteiger partial charge in [0, 0.05) is 12.8 Å². The number of amides is 4. The molecule has 0 aliphatic rings. The molecule has 25 heteroatoms. The standard InChI is InChI=1S/C21H36N4O8.C13H22N4O7.2W/c26-14-8-4-2-1-3-6-12-22-15-23-13-7-5-9-16(19(29)30)24-21(33)25-17(20(31)32)10-11-18(27)28;14-7-15-6-2-1-3-8(11(20)21)16-13(24)17-9(12(22)23)4-5-10(18)19;;/h14,16-17,22-23H,1-13H2,(H,27,28)(H,29,30)(H,31,32)(H2,24,25,33);8-9,15H,1-6,14H2,(H,18,19)(H,20,21)(H,22,23)(H2,16,17,24);;/t16-,17-;8-,9-;;/m00../s1. The molecule has 0 aromatic heterocycles. The van der Waals surface area contributed by atoms with Gasteiger partial charge in [-0.2, -0.15) is 0 Å². The summed E-state index contributed by atoms with van der Waals surface area (Å²) < 4.78 is 1.64. The summed E-state index contributed by atoms with van der Waals surface area (Å²) in [5.74, 6) is -7.67. The summed E-state index contributed by atoms with van der Waals surface area (Å²) in [7, 11) is 0. The second-order valence-electron chi connectivity index (χ2n) is 12.9. The van der Waals surface area contributed by atoms with E-state index >= 15 is 0 Å². The number of nitrogens with one attached hydrogen (secondary N) is 7. The minimum absolute atomic E-state index is 0.160. The van der Waals surface area contributed by atoms with E-state index < -0.39 is 84.9 Å². The molecule has 0 aliphatic carbocycles. The van der Waals surface area contributed by atoms with Crippen molar-refractivity contribution in [2.75, 3.05) is 19.6 Å². The zero-order chi connectivity index (χ0) is 45.2. The van der Waals surface area contributed by atoms with Crippen LogP contribution in [0.2, 0.25) is 0 Å². The first-order valence-electron chi connectivity index (χ1n) is 18.8. The molecule has 0 heterocycles. The van der Waals surface area contributed by atoms with Crippen LogP contribution < -0.4 is 43.0 Å². The van der Waals surface area contributed by atoms with Crippen LogP contribution in [-0.4, -0.2) is 137 Å². The monoisotopic (exact) mass is 1190 g/mol. The predicted molar refractivity (Wildman–Crippen MR) is 202 cm³/mol. The molecule has 23 nitrogen and oxygen atoms in total. The van der Waals surface area contributed by atoms with E-state index in [2.05, 4.69) is 37.2 Å². The number of unbranched alkanes of at least 4 members (excludes halogenated alkanes) is 7. The van der Waals surface area contributed by atoms with E-state index in [9.17, 15) is 48.3 Å². The SMILES string of the molecule is N[C](=[W])NCCCC[C@H](NC(=O)N[C@@H](CCC(=O)O)C(=O)O)C(=O)O.O=CCCCCCCCN[C](=[W])NCCCC[C@H](NC(=O)N[C@@H](CCC(=O)O)C(=O)O)C(=O)O. The third kappa shape index (κ3) is 35.6. The number of nitrogens with two attached hydrogens (primary N) is 1. The summed E-state index contributed by atoms with van der Waals surface area (Å²) in [4.78, 5) is 99.8. The molecule has 0 rings (SSSR count). The van der Waals surface area contributed by atoms with Gasteiger partial charge in [-0.3, -0.25) is 9.59 Å². The van der Waals surface area contributed by atoms with Gasteiger partial charge in [0.25, 0.3) is 0 Å². The van der Waals surface area contributed by atoms with Crippen LogP contribution in [0.3, 0.4) is 0 Å². The summed E-state index contributed by atoms with van der Waals surface area (Å²) in [6, 6.07) is -7.15. The number of aliphatic carboxylic acids is 6. The Morgan fingerprint density at radius 3 is 1.14 bits per heavy atom. The second-order valence-corrected chi connectivity index (χ2v) is 15.9. The molecule has 0 fully saturated rings. The van der Waals surface area contributed by atoms with Crippen molar-refractivity contribution >= 4 is 62.5 Å². The minimum atomic E-state index is -1.43. The first-order chi connectivity index (χ1) is 27.8. The van der Waals surface area contributed by atoms with Gasteiger partial charge in [-0.15, -0.1) is 0 Å². The first-order valence-corrected chi connectivity index (χ1v) is 21.7. The molecule has 4 amide bonds. The van der Waals surface area contributed by atoms with Crippen LogP contribution in [0.5, 0.6) is 0 Å². The van der Waals surface area contributed by atoms with Gasteiger partial charge in [-0.25, -0.2) is 9.59 Å². The van der Waals surface area contributed by atoms with Crippen molar-refractivity contribution in [3.63, 3.8) is 0 Å². The number of hydrogen-bond acceptors (Lipinski definition) is 13. The van der Waals surface area contributed by atoms with E-state index in [0.717, 1.165) is 68.4 Å². The first kappa shape index (κ1) is 57.1. The van der Waals surface area contributed by atoms with Crippen molar-refractivity contribution < 1.29 is 112 Å². The molecule has 0 aliphatic heterocycles. The van der Waals surface area contributed by atoms with E-state index in [4.69, 9.17) is 31.3 Å². The summed E-state index contributed by atoms with van der Waals surface area (Å²) in [5, 5.41) is 71.7. The van der Waals surface area contributed by atoms with E-state index in [1.54, 1.807) is 0 Å². The molecule has 0 radical (unpaired) electrons. The van der Waals surface area contributed by atoms with Crippen molar-refractivity contribution in [2.24, 2.45) is 5.73 Å². The fourth-order valence-electron chi connectivity index (χ4n) is 4.79. The fourth-order valence-corrected chi connectivity index (χ4v) is 5.89. The topological polar surface area (TPSA) is 385 Å². The van der Waals surface area contributed by atoms with Gasteiger partial charge in [-0.05, 0) is 0 Å². The molecular formula is C34H58N8O15W2. The number of hydrogen-bond donors (Lipinski definition) is 14. The maximum absolute atomic E-state index is 12.0. The summed E-state index contributed by atoms with van der Waals surface area (Å²) >= 11 is 2.37. The van der Waals surface area contributed by atoms with Gasteiger partial charge >= 0.3 is 312 Å². The number of carboxylic acid groups (broad SMARTS) is 6. The van der Waals surface area contributed by atoms with Crippen LogP contribution in [0, 0.1) is 0 Å². The van der Waals surface area contributed by atoms with Crippen LogP contribution in [0.1, 0.15) is 103 Å². The Morgan fingerprint density at radius 2 is 0.797 bits per heavy atom. The van der Waals surface area contributed by atoms with Gasteiger partial charge in [0.2, 0.25) is 0 Å². The number of urea groups is 2. The van der Waals surface area contributed by atoms with E-state index in [1.807, 2.05) is 0 Å². The molecule has 0 saturated carbocycles. The molecule has 336 valence electrons. The van der Waals surface area contributed by atoms with Crippen LogP contribution >= 0.6 is 0 Å². The quantitative estimate of drug-likeness (QED) is 0.0267. The number of carboxylic acids is 6. The molecule has 0 aromatic rings. The average Bonchev–Trinajstić information content (AvgIpc) is 3.14. The number of aldehydes is 1. The zero-order valence-electron chi connectivity index (χ0n) is 32.6. The third-order valence-electron chi connectivity index (χ3n) is 7.92. The number of carbonyl (C=O) groups is 9. The van der Waals surface area contributed by atoms with Gasteiger partial charge in [0.1, 0.15) is 0 Å². The summed E-state index contributed by atoms with van der Waals surface area (Å²) in [6.45, 7) is 2.10. The average molecular weight is 1190 g/mol. The molecule has 15 N–H and O–H groups in total. The van der Waals surface area contributed by atoms with Crippen molar-refractivity contribution in [1.29, 1.82) is 0 Å². The Balaban J connectivity index is 0. The molecule has 0 aromatic carbocycles. The molecule has 0 bridgehead atoms. The van der Waals surface area contributed by atoms with Crippen LogP contribution in [0.4, 0.5) is 9.59 Å². The summed E-state index contributed by atoms with van der Waals surface area (Å²) in [6.07, 6.45) is 8.07. The van der Waals surface area contributed by atoms with Crippen molar-refractivity contribution in [1.82, 2.24) is 37.2 Å². The Morgan fingerprint density at radius 1 is 0.475 bits per heavy atom. The van der Waals surface area contributed by atoms with Crippen molar-refractivity contribution in [2.45, 2.75) is 127 Å². The molecule has 59 heavy (non-hydrogen) atoms. The molecule has 0 spiro atoms. The second kappa shape index (κ2) is 35.9. The Labute approximate surface area is 363 Å².